The minimum atomic E-state index is -3.61. The van der Waals surface area contributed by atoms with Crippen LogP contribution in [-0.2, 0) is 14.6 Å². The zero-order valence-corrected chi connectivity index (χ0v) is 10.9. The van der Waals surface area contributed by atoms with E-state index in [9.17, 15) is 13.2 Å². The molecule has 17 heavy (non-hydrogen) atoms. The quantitative estimate of drug-likeness (QED) is 0.831. The largest absolute Gasteiger partial charge is 0.324 e. The summed E-state index contributed by atoms with van der Waals surface area (Å²) in [6.07, 6.45) is 0.258. The van der Waals surface area contributed by atoms with Crippen molar-refractivity contribution in [3.63, 3.8) is 0 Å². The van der Waals surface area contributed by atoms with Gasteiger partial charge in [-0.2, -0.15) is 0 Å². The molecular formula is C12H15NO3S. The van der Waals surface area contributed by atoms with Crippen LogP contribution in [0.1, 0.15) is 25.8 Å². The maximum atomic E-state index is 12.4. The van der Waals surface area contributed by atoms with Crippen molar-refractivity contribution < 1.29 is 13.2 Å². The Morgan fingerprint density at radius 3 is 2.59 bits per heavy atom. The monoisotopic (exact) mass is 253 g/mol. The molecule has 0 saturated heterocycles. The summed E-state index contributed by atoms with van der Waals surface area (Å²) in [6, 6.07) is 4.98. The van der Waals surface area contributed by atoms with Crippen LogP contribution in [-0.4, -0.2) is 19.1 Å². The number of carbonyl (C=O) groups is 1. The van der Waals surface area contributed by atoms with Crippen LogP contribution in [0.15, 0.2) is 23.1 Å². The van der Waals surface area contributed by atoms with Crippen LogP contribution >= 0.6 is 0 Å². The molecule has 0 bridgehead atoms. The molecule has 1 aliphatic heterocycles. The number of hydrogen-bond donors (Lipinski definition) is 1. The number of aryl methyl sites for hydroxylation is 1. The summed E-state index contributed by atoms with van der Waals surface area (Å²) in [4.78, 5) is 12.2. The molecular weight excluding hydrogens is 238 g/mol. The fraction of sp³-hybridized carbons (Fsp3) is 0.417. The highest BCUT2D eigenvalue weighted by atomic mass is 32.2. The molecule has 1 N–H and O–H groups in total. The van der Waals surface area contributed by atoms with E-state index in [0.717, 1.165) is 5.56 Å². The van der Waals surface area contributed by atoms with Crippen LogP contribution in [0.25, 0.3) is 0 Å². The first kappa shape index (κ1) is 12.1. The van der Waals surface area contributed by atoms with Crippen LogP contribution in [0.4, 0.5) is 5.69 Å². The molecule has 1 heterocycles. The zero-order chi connectivity index (χ0) is 12.8. The van der Waals surface area contributed by atoms with Gasteiger partial charge in [0.05, 0.1) is 10.6 Å². The molecule has 0 saturated carbocycles. The van der Waals surface area contributed by atoms with E-state index in [0.29, 0.717) is 5.69 Å². The van der Waals surface area contributed by atoms with E-state index in [-0.39, 0.29) is 11.3 Å². The van der Waals surface area contributed by atoms with Crippen LogP contribution in [0.2, 0.25) is 0 Å². The van der Waals surface area contributed by atoms with Gasteiger partial charge in [0.15, 0.2) is 14.6 Å². The Morgan fingerprint density at radius 2 is 2.00 bits per heavy atom. The second-order valence-electron chi connectivity index (χ2n) is 4.54. The van der Waals surface area contributed by atoms with Gasteiger partial charge in [0, 0.05) is 0 Å². The first-order valence-corrected chi connectivity index (χ1v) is 6.98. The standard InChI is InChI=1S/C12H15NO3S/c1-4-12(3)11(14)13-9-7-8(2)5-6-10(9)17(12,15)16/h5-7H,4H2,1-3H3,(H,13,14). The van der Waals surface area contributed by atoms with Gasteiger partial charge < -0.3 is 5.32 Å². The third kappa shape index (κ3) is 1.49. The van der Waals surface area contributed by atoms with E-state index in [2.05, 4.69) is 5.32 Å². The Morgan fingerprint density at radius 1 is 1.35 bits per heavy atom. The van der Waals surface area contributed by atoms with Crippen LogP contribution in [0.3, 0.4) is 0 Å². The Bertz CT molecular complexity index is 592. The number of amides is 1. The van der Waals surface area contributed by atoms with Crippen molar-refractivity contribution in [1.82, 2.24) is 0 Å². The molecule has 0 aromatic heterocycles. The first-order chi connectivity index (χ1) is 7.83. The van der Waals surface area contributed by atoms with Crippen molar-refractivity contribution >= 4 is 21.4 Å². The van der Waals surface area contributed by atoms with Gasteiger partial charge in [-0.25, -0.2) is 8.42 Å². The highest BCUT2D eigenvalue weighted by molar-refractivity contribution is 7.94. The third-order valence-corrected chi connectivity index (χ3v) is 6.02. The van der Waals surface area contributed by atoms with E-state index < -0.39 is 20.5 Å². The topological polar surface area (TPSA) is 63.2 Å². The Kier molecular flexibility index (Phi) is 2.54. The predicted octanol–water partition coefficient (Wildman–Crippen LogP) is 1.89. The van der Waals surface area contributed by atoms with Gasteiger partial charge in [-0.1, -0.05) is 13.0 Å². The first-order valence-electron chi connectivity index (χ1n) is 5.49. The molecule has 1 unspecified atom stereocenters. The number of rotatable bonds is 1. The summed E-state index contributed by atoms with van der Waals surface area (Å²) in [5.74, 6) is -0.446. The maximum absolute atomic E-state index is 12.4. The average Bonchev–Trinajstić information content (AvgIpc) is 2.25. The molecule has 0 radical (unpaired) electrons. The molecule has 0 spiro atoms. The molecule has 1 aliphatic rings. The second kappa shape index (κ2) is 3.57. The smallest absolute Gasteiger partial charge is 0.245 e. The van der Waals surface area contributed by atoms with Gasteiger partial charge in [-0.05, 0) is 38.0 Å². The van der Waals surface area contributed by atoms with E-state index in [1.54, 1.807) is 25.1 Å². The molecule has 0 fully saturated rings. The summed E-state index contributed by atoms with van der Waals surface area (Å²) in [5, 5.41) is 2.68. The van der Waals surface area contributed by atoms with E-state index in [4.69, 9.17) is 0 Å². The van der Waals surface area contributed by atoms with Gasteiger partial charge in [-0.15, -0.1) is 0 Å². The lowest BCUT2D eigenvalue weighted by atomic mass is 10.1. The number of hydrogen-bond acceptors (Lipinski definition) is 3. The van der Waals surface area contributed by atoms with Crippen molar-refractivity contribution in [3.8, 4) is 0 Å². The van der Waals surface area contributed by atoms with Crippen molar-refractivity contribution in [1.29, 1.82) is 0 Å². The summed E-state index contributed by atoms with van der Waals surface area (Å²) < 4.78 is 23.5. The fourth-order valence-electron chi connectivity index (χ4n) is 1.95. The SMILES string of the molecule is CCC1(C)C(=O)Nc2cc(C)ccc2S1(=O)=O. The lowest BCUT2D eigenvalue weighted by molar-refractivity contribution is -0.118. The Hall–Kier alpha value is -1.36. The number of fused-ring (bicyclic) bond motifs is 1. The zero-order valence-electron chi connectivity index (χ0n) is 10.1. The highest BCUT2D eigenvalue weighted by Gasteiger charge is 2.49. The lowest BCUT2D eigenvalue weighted by Gasteiger charge is -2.32. The van der Waals surface area contributed by atoms with Crippen molar-refractivity contribution in [2.75, 3.05) is 5.32 Å². The van der Waals surface area contributed by atoms with Crippen molar-refractivity contribution in [2.24, 2.45) is 0 Å². The van der Waals surface area contributed by atoms with Crippen LogP contribution in [0, 0.1) is 6.92 Å². The third-order valence-electron chi connectivity index (χ3n) is 3.42. The predicted molar refractivity (Wildman–Crippen MR) is 65.7 cm³/mol. The fourth-order valence-corrected chi connectivity index (χ4v) is 3.75. The summed E-state index contributed by atoms with van der Waals surface area (Å²) >= 11 is 0. The van der Waals surface area contributed by atoms with Crippen molar-refractivity contribution in [2.45, 2.75) is 36.8 Å². The van der Waals surface area contributed by atoms with Crippen LogP contribution in [0.5, 0.6) is 0 Å². The molecule has 0 aliphatic carbocycles. The molecule has 1 atom stereocenters. The number of carbonyl (C=O) groups excluding carboxylic acids is 1. The number of anilines is 1. The van der Waals surface area contributed by atoms with E-state index >= 15 is 0 Å². The van der Waals surface area contributed by atoms with Gasteiger partial charge in [0.25, 0.3) is 0 Å². The molecule has 5 heteroatoms. The molecule has 1 amide bonds. The minimum Gasteiger partial charge on any atom is -0.324 e. The van der Waals surface area contributed by atoms with E-state index in [1.807, 2.05) is 6.92 Å². The normalized spacial score (nSPS) is 26.2. The molecule has 1 aromatic rings. The second-order valence-corrected chi connectivity index (χ2v) is 6.89. The van der Waals surface area contributed by atoms with Crippen molar-refractivity contribution in [3.05, 3.63) is 23.8 Å². The molecule has 92 valence electrons. The number of sulfone groups is 1. The van der Waals surface area contributed by atoms with E-state index in [1.165, 1.54) is 6.92 Å². The lowest BCUT2D eigenvalue weighted by Crippen LogP contribution is -2.50. The Labute approximate surface area is 101 Å². The summed E-state index contributed by atoms with van der Waals surface area (Å²) in [5.41, 5.74) is 1.31. The van der Waals surface area contributed by atoms with Gasteiger partial charge >= 0.3 is 0 Å². The molecule has 4 nitrogen and oxygen atoms in total. The summed E-state index contributed by atoms with van der Waals surface area (Å²) in [7, 11) is -3.61. The maximum Gasteiger partial charge on any atom is 0.245 e. The average molecular weight is 253 g/mol. The number of nitrogens with one attached hydrogen (secondary N) is 1. The summed E-state index contributed by atoms with van der Waals surface area (Å²) in [6.45, 7) is 5.03. The number of benzene rings is 1. The van der Waals surface area contributed by atoms with Crippen LogP contribution < -0.4 is 5.32 Å². The molecule has 2 rings (SSSR count). The molecule has 1 aromatic carbocycles. The minimum absolute atomic E-state index is 0.215. The van der Waals surface area contributed by atoms with Gasteiger partial charge in [-0.3, -0.25) is 4.79 Å². The van der Waals surface area contributed by atoms with Gasteiger partial charge in [0.2, 0.25) is 5.91 Å². The Balaban J connectivity index is 2.75. The van der Waals surface area contributed by atoms with Gasteiger partial charge in [0.1, 0.15) is 0 Å². The highest BCUT2D eigenvalue weighted by Crippen LogP contribution is 2.38.